The van der Waals surface area contributed by atoms with Gasteiger partial charge in [0.25, 0.3) is 0 Å². The maximum absolute atomic E-state index is 12.6. The molecule has 636 valence electrons. The summed E-state index contributed by atoms with van der Waals surface area (Å²) in [5.74, 6) is 14.1. The molecule has 0 amide bonds. The van der Waals surface area contributed by atoms with Crippen molar-refractivity contribution >= 4 is 11.4 Å². The van der Waals surface area contributed by atoms with E-state index in [2.05, 4.69) is 129 Å². The summed E-state index contributed by atoms with van der Waals surface area (Å²) in [7, 11) is 0. The number of hydrogen-bond donors (Lipinski definition) is 0. The second-order valence-electron chi connectivity index (χ2n) is 34.2. The quantitative estimate of drug-likeness (QED) is 0.0207. The fourth-order valence-corrected chi connectivity index (χ4v) is 16.2. The van der Waals surface area contributed by atoms with Crippen LogP contribution in [0.1, 0.15) is 570 Å². The minimum absolute atomic E-state index is 0. The van der Waals surface area contributed by atoms with Gasteiger partial charge in [-0.2, -0.15) is 12.8 Å². The van der Waals surface area contributed by atoms with Gasteiger partial charge in [-0.05, 0) is 106 Å². The Morgan fingerprint density at radius 3 is 0.700 bits per heavy atom. The van der Waals surface area contributed by atoms with Gasteiger partial charge >= 0.3 is 16.5 Å². The zero-order valence-corrected chi connectivity index (χ0v) is 76.5. The van der Waals surface area contributed by atoms with Gasteiger partial charge in [-0.1, -0.05) is 490 Å². The number of benzene rings is 2. The van der Waals surface area contributed by atoms with Gasteiger partial charge in [-0.25, -0.2) is 4.70 Å². The van der Waals surface area contributed by atoms with E-state index in [-0.39, 0.29) is 16.5 Å². The fraction of sp³-hybridized carbons (Fsp3) is 0.794. The number of rotatable bonds is 75. The van der Waals surface area contributed by atoms with Crippen molar-refractivity contribution in [3.05, 3.63) is 100 Å². The summed E-state index contributed by atoms with van der Waals surface area (Å²) in [5, 5.41) is 0. The average molecular weight is 1560 g/mol. The van der Waals surface area contributed by atoms with E-state index < -0.39 is 0 Å². The van der Waals surface area contributed by atoms with Crippen LogP contribution in [0.25, 0.3) is 16.9 Å². The molecule has 0 saturated heterocycles. The molecule has 1 aliphatic rings. The summed E-state index contributed by atoms with van der Waals surface area (Å²) >= 11 is 0. The summed E-state index contributed by atoms with van der Waals surface area (Å²) in [5.41, 5.74) is 24.3. The van der Waals surface area contributed by atoms with Crippen LogP contribution in [0.3, 0.4) is 0 Å². The van der Waals surface area contributed by atoms with Crippen LogP contribution in [0.4, 0.5) is 0 Å². The second-order valence-corrected chi connectivity index (χ2v) is 34.2. The Hall–Kier alpha value is -2.87. The average Bonchev–Trinajstić information content (AvgIpc) is 1.60. The van der Waals surface area contributed by atoms with Crippen molar-refractivity contribution in [2.24, 2.45) is 0 Å². The first-order chi connectivity index (χ1) is 53.8. The van der Waals surface area contributed by atoms with Crippen molar-refractivity contribution in [3.8, 4) is 23.7 Å². The van der Waals surface area contributed by atoms with Gasteiger partial charge in [0.1, 0.15) is 0 Å². The van der Waals surface area contributed by atoms with Crippen molar-refractivity contribution in [1.82, 2.24) is 0 Å². The molecule has 1 aliphatic heterocycles. The van der Waals surface area contributed by atoms with Crippen LogP contribution in [-0.2, 0) is 29.3 Å². The van der Waals surface area contributed by atoms with Gasteiger partial charge in [0.05, 0.1) is 0 Å². The van der Waals surface area contributed by atoms with E-state index in [0.29, 0.717) is 0 Å². The molecule has 0 unspecified atom stereocenters. The molecule has 0 atom stereocenters. The Balaban J connectivity index is 0.00000181. The van der Waals surface area contributed by atoms with E-state index >= 15 is 0 Å². The summed E-state index contributed by atoms with van der Waals surface area (Å²) in [6.45, 7) is 26.1. The molecule has 110 heavy (non-hydrogen) atoms. The Morgan fingerprint density at radius 2 is 0.445 bits per heavy atom. The molecule has 0 aromatic heterocycles. The van der Waals surface area contributed by atoms with Crippen molar-refractivity contribution in [3.63, 3.8) is 0 Å². The van der Waals surface area contributed by atoms with Crippen molar-refractivity contribution in [2.75, 3.05) is 0 Å². The van der Waals surface area contributed by atoms with Gasteiger partial charge in [-0.3, -0.25) is 0 Å². The Bertz CT molecular complexity index is 2330. The van der Waals surface area contributed by atoms with Gasteiger partial charge in [0, 0.05) is 46.2 Å². The zero-order valence-electron chi connectivity index (χ0n) is 75.5. The molecular weight excluding hydrogens is 1370 g/mol. The molecule has 2 aromatic rings. The predicted octanol–water partition coefficient (Wildman–Crippen LogP) is 37.7. The van der Waals surface area contributed by atoms with Gasteiger partial charge < -0.3 is 19.4 Å². The van der Waals surface area contributed by atoms with E-state index in [4.69, 9.17) is 0 Å². The normalized spacial score (nSPS) is 11.9. The van der Waals surface area contributed by atoms with Crippen LogP contribution in [0.5, 0.6) is 0 Å². The minimum Gasteiger partial charge on any atom is -0.493 e. The fourth-order valence-electron chi connectivity index (χ4n) is 16.2. The van der Waals surface area contributed by atoms with Crippen molar-refractivity contribution in [1.29, 1.82) is 0 Å². The first kappa shape index (κ1) is 107. The molecule has 0 aliphatic carbocycles. The Labute approximate surface area is 701 Å². The number of aryl methyl sites for hydroxylation is 2. The monoisotopic (exact) mass is 1560 g/mol. The van der Waals surface area contributed by atoms with E-state index in [1.165, 1.54) is 439 Å². The topological polar surface area (TPSA) is 25.3 Å². The smallest absolute Gasteiger partial charge is 0.493 e. The Morgan fingerprint density at radius 1 is 0.236 bits per heavy atom. The molecule has 2 aromatic carbocycles. The summed E-state index contributed by atoms with van der Waals surface area (Å²) in [6, 6.07) is 13.9. The number of allylic oxidation sites excluding steroid dienone is 2. The molecular formula is C107H188N2Ni. The van der Waals surface area contributed by atoms with Crippen LogP contribution < -0.4 is 0 Å². The van der Waals surface area contributed by atoms with Crippen LogP contribution in [0, 0.1) is 37.5 Å². The summed E-state index contributed by atoms with van der Waals surface area (Å²) in [4.78, 5) is 0. The second kappa shape index (κ2) is 85.5. The van der Waals surface area contributed by atoms with E-state index in [9.17, 15) is 5.53 Å². The largest absolute Gasteiger partial charge is 2.00 e. The first-order valence-corrected chi connectivity index (χ1v) is 49.6. The van der Waals surface area contributed by atoms with E-state index in [1.807, 2.05) is 0 Å². The van der Waals surface area contributed by atoms with Crippen LogP contribution in [0.15, 0.2) is 47.5 Å². The van der Waals surface area contributed by atoms with Gasteiger partial charge in [0.2, 0.25) is 11.4 Å². The third-order valence-corrected chi connectivity index (χ3v) is 23.3. The number of nitrogens with zero attached hydrogens (tertiary/aromatic N) is 2. The van der Waals surface area contributed by atoms with Crippen molar-refractivity contribution < 1.29 is 21.2 Å². The molecule has 1 heterocycles. The molecule has 0 spiro atoms. The molecule has 0 bridgehead atoms. The van der Waals surface area contributed by atoms with E-state index in [1.54, 1.807) is 4.70 Å². The number of unbranched alkanes of at least 4 members (excludes halogenated alkanes) is 65. The van der Waals surface area contributed by atoms with Crippen LogP contribution in [0.2, 0.25) is 0 Å². The zero-order chi connectivity index (χ0) is 78.9. The molecule has 0 saturated carbocycles. The third kappa shape index (κ3) is 63.4. The molecule has 0 N–H and O–H groups in total. The van der Waals surface area contributed by atoms with Crippen LogP contribution >= 0.6 is 0 Å². The standard InChI is InChI=1S/C53H78N2.2C27H55.Ni/c1-7-13-19-21-23-25-30-34-46-39-47(35-31-26-24-22-20-14-8-2)43-48(42-46)52-50(36-18-12-6)51(37-29-17-11-5)53(55(52)54)49-40-44(32-27-15-9-3)38-45(41-49)33-28-16-10-4;2*1-3-5-7-9-11-13-15-17-19-21-23-25-27-26-24-22-20-18-16-14-12-10-8-6-4-2;/h38-43H,7-29,32-33,36-37H2,1-6H3;2*1,3-27H2,2H3;/q;2*-1;+2. The maximum atomic E-state index is 12.6. The molecule has 2 nitrogen and oxygen atoms in total. The third-order valence-electron chi connectivity index (χ3n) is 23.3. The number of hydrogen-bond acceptors (Lipinski definition) is 0. The first-order valence-electron chi connectivity index (χ1n) is 49.6. The summed E-state index contributed by atoms with van der Waals surface area (Å²) < 4.78 is 1.60. The van der Waals surface area contributed by atoms with Gasteiger partial charge in [-0.15, -0.1) is 0 Å². The minimum atomic E-state index is 0. The van der Waals surface area contributed by atoms with Gasteiger partial charge in [0.15, 0.2) is 0 Å². The van der Waals surface area contributed by atoms with Crippen molar-refractivity contribution in [2.45, 2.75) is 550 Å². The molecule has 0 radical (unpaired) electrons. The predicted molar refractivity (Wildman–Crippen MR) is 494 cm³/mol. The molecule has 3 rings (SSSR count). The van der Waals surface area contributed by atoms with E-state index in [0.717, 1.165) is 112 Å². The molecule has 3 heteroatoms. The summed E-state index contributed by atoms with van der Waals surface area (Å²) in [6.07, 6.45) is 104. The van der Waals surface area contributed by atoms with Crippen LogP contribution in [-0.4, -0.2) is 4.70 Å². The Kier molecular flexibility index (Phi) is 83.3. The SMILES string of the molecule is CCCCCCCC#Cc1cc(C#CCCCCCCC)cc(C2=C(CCCC)C(CCCCC)=C(c3cc(CCCCC)cc(CCCCC)c3)[N+]2=[N-])c1.[CH2-]CCCCCCCCCCCCCCCCCCCCCCCCCC.[CH2-]CCCCCCCCCCCCCCCCCCCCCCCCCC.[Ni+2]. The maximum Gasteiger partial charge on any atom is 2.00 e. The molecule has 0 fully saturated rings.